The van der Waals surface area contributed by atoms with Crippen LogP contribution in [0.2, 0.25) is 0 Å². The predicted molar refractivity (Wildman–Crippen MR) is 141 cm³/mol. The number of hydrogen-bond donors (Lipinski definition) is 2. The third-order valence-electron chi connectivity index (χ3n) is 5.21. The van der Waals surface area contributed by atoms with Gasteiger partial charge in [0.2, 0.25) is 0 Å². The van der Waals surface area contributed by atoms with Crippen molar-refractivity contribution in [2.24, 2.45) is 0 Å². The van der Waals surface area contributed by atoms with Gasteiger partial charge in [0.1, 0.15) is 25.9 Å². The third-order valence-corrected chi connectivity index (χ3v) is 6.20. The fourth-order valence-corrected chi connectivity index (χ4v) is 3.79. The summed E-state index contributed by atoms with van der Waals surface area (Å²) in [6.07, 6.45) is 20.3. The van der Waals surface area contributed by atoms with Gasteiger partial charge in [-0.15, -0.1) is 0 Å². The highest BCUT2D eigenvalue weighted by Crippen LogP contribution is 2.43. The van der Waals surface area contributed by atoms with Gasteiger partial charge in [0.05, 0.1) is 27.7 Å². The van der Waals surface area contributed by atoms with Crippen molar-refractivity contribution >= 4 is 13.8 Å². The second-order valence-electron chi connectivity index (χ2n) is 9.93. The van der Waals surface area contributed by atoms with Gasteiger partial charge >= 0.3 is 13.8 Å². The topological polar surface area (TPSA) is 102 Å². The van der Waals surface area contributed by atoms with E-state index in [0.29, 0.717) is 17.4 Å². The molecule has 0 aliphatic heterocycles. The number of aliphatic hydroxyl groups excluding tert-OH is 1. The summed E-state index contributed by atoms with van der Waals surface area (Å²) in [5, 5.41) is 9.82. The standard InChI is InChI=1S/C26H50NO7P/c1-5-6-7-8-9-10-11-12-13-14-15-16-17-18-19-20-26(29)32-23-25(28)24-34-35(30,31)33-22-21-27(2,3)4/h9-10,12-13,25,28H,5-8,11,14-24H2,1-4H3/p+1/t25-/m1/s1. The van der Waals surface area contributed by atoms with Crippen LogP contribution in [0.25, 0.3) is 0 Å². The Kier molecular flexibility index (Phi) is 20.5. The molecule has 2 atom stereocenters. The molecule has 206 valence electrons. The number of phosphoric acid groups is 1. The summed E-state index contributed by atoms with van der Waals surface area (Å²) in [7, 11) is 1.55. The number of nitrogens with zero attached hydrogens (tertiary/aromatic N) is 1. The second kappa shape index (κ2) is 21.1. The number of aliphatic hydroxyl groups is 1. The van der Waals surface area contributed by atoms with Crippen molar-refractivity contribution < 1.29 is 37.6 Å². The summed E-state index contributed by atoms with van der Waals surface area (Å²) in [6, 6.07) is 0. The number of unbranched alkanes of at least 4 members (excludes halogenated alkanes) is 8. The van der Waals surface area contributed by atoms with Gasteiger partial charge in [0.15, 0.2) is 0 Å². The molecule has 0 fully saturated rings. The predicted octanol–water partition coefficient (Wildman–Crippen LogP) is 5.54. The molecular weight excluding hydrogens is 469 g/mol. The minimum absolute atomic E-state index is 0.0515. The molecule has 0 radical (unpaired) electrons. The van der Waals surface area contributed by atoms with Crippen LogP contribution in [0.15, 0.2) is 24.3 Å². The van der Waals surface area contributed by atoms with Crippen LogP contribution < -0.4 is 0 Å². The second-order valence-corrected chi connectivity index (χ2v) is 11.4. The van der Waals surface area contributed by atoms with E-state index in [0.717, 1.165) is 44.9 Å². The van der Waals surface area contributed by atoms with Crippen LogP contribution in [0.4, 0.5) is 0 Å². The van der Waals surface area contributed by atoms with Crippen molar-refractivity contribution in [3.8, 4) is 0 Å². The Morgan fingerprint density at radius 1 is 0.886 bits per heavy atom. The minimum Gasteiger partial charge on any atom is -0.463 e. The summed E-state index contributed by atoms with van der Waals surface area (Å²) < 4.78 is 27.0. The van der Waals surface area contributed by atoms with Crippen molar-refractivity contribution in [1.29, 1.82) is 0 Å². The van der Waals surface area contributed by atoms with Crippen LogP contribution in [-0.4, -0.2) is 74.1 Å². The molecule has 0 saturated heterocycles. The summed E-state index contributed by atoms with van der Waals surface area (Å²) in [6.45, 7) is 2.07. The highest BCUT2D eigenvalue weighted by molar-refractivity contribution is 7.47. The van der Waals surface area contributed by atoms with Crippen LogP contribution in [0.3, 0.4) is 0 Å². The zero-order valence-electron chi connectivity index (χ0n) is 22.5. The number of ether oxygens (including phenoxy) is 1. The maximum Gasteiger partial charge on any atom is 0.472 e. The largest absolute Gasteiger partial charge is 0.472 e. The molecule has 0 bridgehead atoms. The fourth-order valence-electron chi connectivity index (χ4n) is 3.04. The van der Waals surface area contributed by atoms with E-state index in [2.05, 4.69) is 31.2 Å². The quantitative estimate of drug-likeness (QED) is 0.0599. The van der Waals surface area contributed by atoms with Gasteiger partial charge in [-0.1, -0.05) is 63.3 Å². The zero-order valence-corrected chi connectivity index (χ0v) is 23.4. The smallest absolute Gasteiger partial charge is 0.463 e. The summed E-state index contributed by atoms with van der Waals surface area (Å²) >= 11 is 0. The number of carbonyl (C=O) groups is 1. The van der Waals surface area contributed by atoms with Crippen LogP contribution in [0.5, 0.6) is 0 Å². The van der Waals surface area contributed by atoms with Crippen LogP contribution in [-0.2, 0) is 23.1 Å². The van der Waals surface area contributed by atoms with Gasteiger partial charge in [-0.3, -0.25) is 13.8 Å². The maximum atomic E-state index is 11.8. The highest BCUT2D eigenvalue weighted by atomic mass is 31.2. The zero-order chi connectivity index (χ0) is 26.4. The minimum atomic E-state index is -4.24. The Bertz CT molecular complexity index is 632. The van der Waals surface area contributed by atoms with Crippen molar-refractivity contribution in [1.82, 2.24) is 0 Å². The molecule has 35 heavy (non-hydrogen) atoms. The molecule has 1 unspecified atom stereocenters. The number of likely N-dealkylation sites (N-methyl/N-ethyl adjacent to an activating group) is 1. The van der Waals surface area contributed by atoms with Crippen molar-refractivity contribution in [2.75, 3.05) is 47.5 Å². The van der Waals surface area contributed by atoms with E-state index >= 15 is 0 Å². The van der Waals surface area contributed by atoms with E-state index in [1.165, 1.54) is 25.7 Å². The number of esters is 1. The number of hydrogen-bond acceptors (Lipinski definition) is 6. The van der Waals surface area contributed by atoms with Crippen molar-refractivity contribution in [2.45, 2.75) is 90.1 Å². The monoisotopic (exact) mass is 520 g/mol. The van der Waals surface area contributed by atoms with Gasteiger partial charge in [-0.25, -0.2) is 4.57 Å². The number of quaternary nitrogens is 1. The Balaban J connectivity index is 3.64. The lowest BCUT2D eigenvalue weighted by Crippen LogP contribution is -2.37. The Morgan fingerprint density at radius 3 is 2.11 bits per heavy atom. The molecule has 0 aromatic heterocycles. The molecule has 2 N–H and O–H groups in total. The first-order valence-corrected chi connectivity index (χ1v) is 14.6. The molecule has 9 heteroatoms. The lowest BCUT2D eigenvalue weighted by molar-refractivity contribution is -0.870. The van der Waals surface area contributed by atoms with E-state index in [1.54, 1.807) is 0 Å². The van der Waals surface area contributed by atoms with Crippen LogP contribution in [0.1, 0.15) is 84.0 Å². The Morgan fingerprint density at radius 2 is 1.49 bits per heavy atom. The van der Waals surface area contributed by atoms with Gasteiger partial charge in [-0.2, -0.15) is 0 Å². The first kappa shape index (κ1) is 34.0. The lowest BCUT2D eigenvalue weighted by Gasteiger charge is -2.24. The molecule has 0 amide bonds. The fraction of sp³-hybridized carbons (Fsp3) is 0.808. The van der Waals surface area contributed by atoms with Gasteiger partial charge < -0.3 is 19.2 Å². The normalized spacial score (nSPS) is 15.0. The SMILES string of the molecule is CCCCCC=CCC=CCCCCCCCC(=O)OC[C@@H](O)COP(=O)(O)OCC[N+](C)(C)C. The van der Waals surface area contributed by atoms with Gasteiger partial charge in [-0.05, 0) is 38.5 Å². The van der Waals surface area contributed by atoms with Gasteiger partial charge in [0, 0.05) is 6.42 Å². The maximum absolute atomic E-state index is 11.8. The van der Waals surface area contributed by atoms with E-state index in [9.17, 15) is 19.4 Å². The average molecular weight is 521 g/mol. The Hall–Kier alpha value is -1.02. The first-order valence-electron chi connectivity index (χ1n) is 13.1. The van der Waals surface area contributed by atoms with E-state index in [1.807, 2.05) is 21.1 Å². The molecule has 0 spiro atoms. The van der Waals surface area contributed by atoms with Crippen LogP contribution >= 0.6 is 7.82 Å². The van der Waals surface area contributed by atoms with Crippen molar-refractivity contribution in [3.05, 3.63) is 24.3 Å². The molecule has 0 aliphatic carbocycles. The molecule has 8 nitrogen and oxygen atoms in total. The average Bonchev–Trinajstić information content (AvgIpc) is 2.78. The van der Waals surface area contributed by atoms with E-state index < -0.39 is 20.5 Å². The molecule has 0 rings (SSSR count). The lowest BCUT2D eigenvalue weighted by atomic mass is 10.1. The first-order chi connectivity index (χ1) is 16.6. The molecule has 0 saturated carbocycles. The van der Waals surface area contributed by atoms with Gasteiger partial charge in [0.25, 0.3) is 0 Å². The summed E-state index contributed by atoms with van der Waals surface area (Å²) in [4.78, 5) is 21.4. The number of rotatable bonds is 23. The highest BCUT2D eigenvalue weighted by Gasteiger charge is 2.24. The molecule has 0 aromatic rings. The Labute approximate surface area is 213 Å². The summed E-state index contributed by atoms with van der Waals surface area (Å²) in [5.74, 6) is -0.388. The van der Waals surface area contributed by atoms with E-state index in [4.69, 9.17) is 13.8 Å². The van der Waals surface area contributed by atoms with Crippen molar-refractivity contribution in [3.63, 3.8) is 0 Å². The third kappa shape index (κ3) is 25.9. The summed E-state index contributed by atoms with van der Waals surface area (Å²) in [5.41, 5.74) is 0. The van der Waals surface area contributed by atoms with Crippen LogP contribution in [0, 0.1) is 0 Å². The number of allylic oxidation sites excluding steroid dienone is 4. The van der Waals surface area contributed by atoms with E-state index in [-0.39, 0.29) is 19.2 Å². The number of carbonyl (C=O) groups excluding carboxylic acids is 1. The molecule has 0 aliphatic rings. The molecular formula is C26H51NO7P+. The molecule has 0 heterocycles. The number of phosphoric ester groups is 1. The molecule has 0 aromatic carbocycles.